The molecule has 1 saturated carbocycles. The second-order valence-corrected chi connectivity index (χ2v) is 13.0. The molecule has 0 radical (unpaired) electrons. The molecular formula is C34H52O4. The van der Waals surface area contributed by atoms with Crippen LogP contribution in [0.25, 0.3) is 0 Å². The van der Waals surface area contributed by atoms with Crippen molar-refractivity contribution in [3.05, 3.63) is 57.9 Å². The van der Waals surface area contributed by atoms with Crippen molar-refractivity contribution in [2.24, 2.45) is 28.6 Å². The van der Waals surface area contributed by atoms with Gasteiger partial charge in [0.25, 0.3) is 0 Å². The summed E-state index contributed by atoms with van der Waals surface area (Å²) in [6, 6.07) is 0. The number of ketones is 2. The Morgan fingerprint density at radius 2 is 1.47 bits per heavy atom. The van der Waals surface area contributed by atoms with Gasteiger partial charge in [-0.15, -0.1) is 0 Å². The highest BCUT2D eigenvalue weighted by Crippen LogP contribution is 2.64. The Morgan fingerprint density at radius 1 is 0.921 bits per heavy atom. The number of aliphatic hydroxyl groups is 2. The smallest absolute Gasteiger partial charge is 0.179 e. The van der Waals surface area contributed by atoms with Crippen LogP contribution in [0, 0.1) is 28.6 Å². The Balaban J connectivity index is 2.98. The van der Waals surface area contributed by atoms with Crippen molar-refractivity contribution in [2.45, 2.75) is 114 Å². The number of fused-ring (bicyclic) bond motifs is 2. The van der Waals surface area contributed by atoms with Crippen LogP contribution in [0.1, 0.15) is 108 Å². The lowest BCUT2D eigenvalue weighted by Gasteiger charge is -2.60. The Labute approximate surface area is 231 Å². The molecule has 4 nitrogen and oxygen atoms in total. The fourth-order valence-electron chi connectivity index (χ4n) is 6.64. The van der Waals surface area contributed by atoms with Crippen LogP contribution in [-0.4, -0.2) is 27.9 Å². The minimum atomic E-state index is -1.57. The first kappa shape index (κ1) is 32.0. The average molecular weight is 525 g/mol. The number of aliphatic hydroxyl groups excluding tert-OH is 2. The first-order chi connectivity index (χ1) is 17.6. The molecule has 4 heteroatoms. The lowest BCUT2D eigenvalue weighted by molar-refractivity contribution is -0.188. The molecule has 2 aliphatic carbocycles. The molecule has 2 aliphatic rings. The molecular weight excluding hydrogens is 472 g/mol. The van der Waals surface area contributed by atoms with Gasteiger partial charge in [0.05, 0.1) is 11.5 Å². The van der Waals surface area contributed by atoms with Crippen molar-refractivity contribution in [3.63, 3.8) is 0 Å². The number of rotatable bonds is 11. The number of hydrogen-bond donors (Lipinski definition) is 2. The molecule has 0 spiro atoms. The molecule has 5 atom stereocenters. The quantitative estimate of drug-likeness (QED) is 0.210. The van der Waals surface area contributed by atoms with E-state index in [1.54, 1.807) is 0 Å². The van der Waals surface area contributed by atoms with Gasteiger partial charge in [0.15, 0.2) is 11.6 Å². The number of hydrogen-bond acceptors (Lipinski definition) is 4. The maximum Gasteiger partial charge on any atom is 0.179 e. The minimum absolute atomic E-state index is 0.0119. The van der Waals surface area contributed by atoms with Crippen molar-refractivity contribution in [1.82, 2.24) is 0 Å². The van der Waals surface area contributed by atoms with Crippen LogP contribution >= 0.6 is 0 Å². The van der Waals surface area contributed by atoms with Gasteiger partial charge in [0, 0.05) is 11.5 Å². The van der Waals surface area contributed by atoms with Gasteiger partial charge in [-0.3, -0.25) is 9.59 Å². The van der Waals surface area contributed by atoms with Crippen molar-refractivity contribution in [2.75, 3.05) is 0 Å². The van der Waals surface area contributed by atoms with Crippen LogP contribution in [0.3, 0.4) is 0 Å². The number of allylic oxidation sites excluding steroid dienone is 9. The van der Waals surface area contributed by atoms with E-state index >= 15 is 0 Å². The van der Waals surface area contributed by atoms with Gasteiger partial charge >= 0.3 is 0 Å². The van der Waals surface area contributed by atoms with Gasteiger partial charge in [-0.05, 0) is 106 Å². The monoisotopic (exact) mass is 524 g/mol. The van der Waals surface area contributed by atoms with Crippen LogP contribution in [0.2, 0.25) is 0 Å². The summed E-state index contributed by atoms with van der Waals surface area (Å²) in [6.07, 6.45) is 10.3. The fraction of sp³-hybridized carbons (Fsp3) is 0.647. The normalized spacial score (nSPS) is 28.6. The van der Waals surface area contributed by atoms with E-state index in [0.717, 1.165) is 17.6 Å². The molecule has 5 unspecified atom stereocenters. The molecule has 0 aromatic rings. The first-order valence-corrected chi connectivity index (χ1v) is 14.4. The Kier molecular flexibility index (Phi) is 10.8. The minimum Gasteiger partial charge on any atom is -0.511 e. The van der Waals surface area contributed by atoms with Crippen molar-refractivity contribution >= 4 is 11.6 Å². The number of Topliss-reactive ketones (excluding diaryl/α,β-unsaturated/α-hetero) is 2. The molecule has 2 bridgehead atoms. The van der Waals surface area contributed by atoms with Crippen molar-refractivity contribution < 1.29 is 19.8 Å². The van der Waals surface area contributed by atoms with Crippen LogP contribution in [0.4, 0.5) is 0 Å². The highest BCUT2D eigenvalue weighted by Gasteiger charge is 2.71. The summed E-state index contributed by atoms with van der Waals surface area (Å²) in [5.74, 6) is -1.34. The fourth-order valence-corrected chi connectivity index (χ4v) is 6.64. The predicted octanol–water partition coefficient (Wildman–Crippen LogP) is 8.39. The Hall–Kier alpha value is -2.20. The second-order valence-electron chi connectivity index (χ2n) is 13.0. The van der Waals surface area contributed by atoms with E-state index in [0.29, 0.717) is 31.3 Å². The standard InChI is InChI=1S/C34H52O4/c1-21(2)12-11-13-28-26(16-14-22(3)4)20-33(19-18-24(7)8)30(36)27(17-15-23(5)6)31(37)34(28,32(33)38)29(35)25(9)10/h12,14-15,18,25-26,28,32,36,38H,11,13,16-17,19-20H2,1-10H3. The van der Waals surface area contributed by atoms with E-state index in [2.05, 4.69) is 39.8 Å². The zero-order chi connectivity index (χ0) is 29.0. The van der Waals surface area contributed by atoms with Crippen LogP contribution in [0.5, 0.6) is 0 Å². The molecule has 212 valence electrons. The molecule has 2 rings (SSSR count). The molecule has 38 heavy (non-hydrogen) atoms. The third-order valence-corrected chi connectivity index (χ3v) is 8.52. The molecule has 2 N–H and O–H groups in total. The summed E-state index contributed by atoms with van der Waals surface area (Å²) in [7, 11) is 0. The molecule has 1 fully saturated rings. The van der Waals surface area contributed by atoms with E-state index in [4.69, 9.17) is 0 Å². The molecule has 0 heterocycles. The molecule has 0 saturated heterocycles. The van der Waals surface area contributed by atoms with E-state index in [9.17, 15) is 19.8 Å². The second kappa shape index (κ2) is 12.8. The lowest BCUT2D eigenvalue weighted by Crippen LogP contribution is -2.69. The van der Waals surface area contributed by atoms with Gasteiger partial charge in [-0.2, -0.15) is 0 Å². The topological polar surface area (TPSA) is 74.6 Å². The summed E-state index contributed by atoms with van der Waals surface area (Å²) in [6.45, 7) is 19.8. The zero-order valence-electron chi connectivity index (χ0n) is 25.6. The van der Waals surface area contributed by atoms with Crippen molar-refractivity contribution in [3.8, 4) is 0 Å². The Morgan fingerprint density at radius 3 is 1.97 bits per heavy atom. The average Bonchev–Trinajstić information content (AvgIpc) is 2.81. The maximum atomic E-state index is 14.6. The maximum absolute atomic E-state index is 14.6. The number of carbonyl (C=O) groups is 2. The first-order valence-electron chi connectivity index (χ1n) is 14.4. The zero-order valence-corrected chi connectivity index (χ0v) is 25.6. The van der Waals surface area contributed by atoms with E-state index < -0.39 is 22.9 Å². The SMILES string of the molecule is CC(C)=CCCC1C(CC=C(C)C)CC2(CC=C(C)C)C(O)=C(CC=C(C)C)C(=O)C1(C(=O)C(C)C)C2O. The summed E-state index contributed by atoms with van der Waals surface area (Å²) in [4.78, 5) is 29.0. The Bertz CT molecular complexity index is 1050. The summed E-state index contributed by atoms with van der Waals surface area (Å²) in [5.41, 5.74) is 2.15. The molecule has 0 aromatic carbocycles. The third-order valence-electron chi connectivity index (χ3n) is 8.52. The third kappa shape index (κ3) is 6.17. The predicted molar refractivity (Wildman–Crippen MR) is 158 cm³/mol. The summed E-state index contributed by atoms with van der Waals surface area (Å²) < 4.78 is 0. The highest BCUT2D eigenvalue weighted by molar-refractivity contribution is 6.17. The lowest BCUT2D eigenvalue weighted by atomic mass is 9.42. The summed E-state index contributed by atoms with van der Waals surface area (Å²) >= 11 is 0. The van der Waals surface area contributed by atoms with Crippen molar-refractivity contribution in [1.29, 1.82) is 0 Å². The number of carbonyl (C=O) groups excluding carboxylic acids is 2. The largest absolute Gasteiger partial charge is 0.511 e. The molecule has 0 aliphatic heterocycles. The van der Waals surface area contributed by atoms with E-state index in [1.807, 2.05) is 53.7 Å². The highest BCUT2D eigenvalue weighted by atomic mass is 16.3. The van der Waals surface area contributed by atoms with Crippen LogP contribution in [-0.2, 0) is 9.59 Å². The van der Waals surface area contributed by atoms with Gasteiger partial charge < -0.3 is 10.2 Å². The van der Waals surface area contributed by atoms with Crippen LogP contribution in [0.15, 0.2) is 57.9 Å². The van der Waals surface area contributed by atoms with E-state index in [1.165, 1.54) is 11.1 Å². The summed E-state index contributed by atoms with van der Waals surface area (Å²) in [5, 5.41) is 24.2. The molecule has 0 amide bonds. The van der Waals surface area contributed by atoms with Crippen LogP contribution < -0.4 is 0 Å². The molecule has 0 aromatic heterocycles. The van der Waals surface area contributed by atoms with Gasteiger partial charge in [-0.1, -0.05) is 60.4 Å². The van der Waals surface area contributed by atoms with E-state index in [-0.39, 0.29) is 35.6 Å². The van der Waals surface area contributed by atoms with Gasteiger partial charge in [0.2, 0.25) is 0 Å². The van der Waals surface area contributed by atoms with Gasteiger partial charge in [-0.25, -0.2) is 0 Å². The van der Waals surface area contributed by atoms with Gasteiger partial charge in [0.1, 0.15) is 11.2 Å².